The second-order valence-corrected chi connectivity index (χ2v) is 5.83. The van der Waals surface area contributed by atoms with E-state index in [1.54, 1.807) is 6.92 Å². The van der Waals surface area contributed by atoms with Gasteiger partial charge >= 0.3 is 0 Å². The van der Waals surface area contributed by atoms with E-state index >= 15 is 0 Å². The predicted molar refractivity (Wildman–Crippen MR) is 73.7 cm³/mol. The zero-order valence-corrected chi connectivity index (χ0v) is 12.3. The number of Topliss-reactive ketones (excluding diaryl/α,β-unsaturated/α-hetero) is 2. The van der Waals surface area contributed by atoms with Gasteiger partial charge in [-0.3, -0.25) is 19.7 Å². The molecule has 1 aliphatic carbocycles. The van der Waals surface area contributed by atoms with Crippen molar-refractivity contribution in [1.82, 2.24) is 5.32 Å². The average molecular weight is 281 g/mol. The maximum absolute atomic E-state index is 12.5. The predicted octanol–water partition coefficient (Wildman–Crippen LogP) is 1.50. The van der Waals surface area contributed by atoms with Crippen molar-refractivity contribution in [2.45, 2.75) is 46.5 Å². The maximum atomic E-state index is 12.5. The molecule has 112 valence electrons. The molecule has 4 atom stereocenters. The molecule has 1 saturated carbocycles. The molecule has 5 heteroatoms. The van der Waals surface area contributed by atoms with Gasteiger partial charge in [0.1, 0.15) is 11.6 Å². The lowest BCUT2D eigenvalue weighted by atomic mass is 9.68. The van der Waals surface area contributed by atoms with Crippen molar-refractivity contribution >= 4 is 23.9 Å². The molecular formula is C15H23NO4. The van der Waals surface area contributed by atoms with E-state index in [4.69, 9.17) is 0 Å². The molecular weight excluding hydrogens is 258 g/mol. The van der Waals surface area contributed by atoms with Gasteiger partial charge in [0.2, 0.25) is 12.3 Å². The molecule has 0 spiro atoms. The summed E-state index contributed by atoms with van der Waals surface area (Å²) in [6, 6.07) is 0. The number of ketones is 2. The van der Waals surface area contributed by atoms with E-state index in [1.807, 2.05) is 6.92 Å². The Hall–Kier alpha value is -1.52. The fourth-order valence-corrected chi connectivity index (χ4v) is 3.00. The number of hydrogen-bond donors (Lipinski definition) is 1. The molecule has 1 N–H and O–H groups in total. The summed E-state index contributed by atoms with van der Waals surface area (Å²) >= 11 is 0. The molecule has 0 aliphatic heterocycles. The van der Waals surface area contributed by atoms with Gasteiger partial charge in [-0.2, -0.15) is 0 Å². The molecule has 0 saturated heterocycles. The Morgan fingerprint density at radius 2 is 2.05 bits per heavy atom. The second kappa shape index (κ2) is 7.31. The third-order valence-corrected chi connectivity index (χ3v) is 4.38. The SMILES string of the molecule is CC(=O)CC[C@@H]1C(=O)[C@H]([C@@H](C)C(=O)NC=O)CC[C@H]1C. The first-order chi connectivity index (χ1) is 9.38. The quantitative estimate of drug-likeness (QED) is 0.748. The molecule has 0 aromatic carbocycles. The second-order valence-electron chi connectivity index (χ2n) is 5.83. The molecule has 5 nitrogen and oxygen atoms in total. The Labute approximate surface area is 119 Å². The number of imide groups is 1. The number of carbonyl (C=O) groups excluding carboxylic acids is 4. The van der Waals surface area contributed by atoms with Crippen molar-refractivity contribution in [2.75, 3.05) is 0 Å². The molecule has 0 aromatic heterocycles. The molecule has 0 bridgehead atoms. The third-order valence-electron chi connectivity index (χ3n) is 4.38. The summed E-state index contributed by atoms with van der Waals surface area (Å²) in [4.78, 5) is 45.6. The van der Waals surface area contributed by atoms with Crippen LogP contribution in [0.3, 0.4) is 0 Å². The Morgan fingerprint density at radius 3 is 2.60 bits per heavy atom. The van der Waals surface area contributed by atoms with E-state index < -0.39 is 11.8 Å². The fraction of sp³-hybridized carbons (Fsp3) is 0.733. The van der Waals surface area contributed by atoms with Gasteiger partial charge in [-0.15, -0.1) is 0 Å². The molecule has 0 heterocycles. The van der Waals surface area contributed by atoms with E-state index in [0.717, 1.165) is 6.42 Å². The van der Waals surface area contributed by atoms with Gasteiger partial charge in [0, 0.05) is 24.2 Å². The Bertz CT molecular complexity index is 405. The highest BCUT2D eigenvalue weighted by atomic mass is 16.2. The molecule has 1 rings (SSSR count). The van der Waals surface area contributed by atoms with E-state index in [2.05, 4.69) is 5.32 Å². The first-order valence-corrected chi connectivity index (χ1v) is 7.15. The van der Waals surface area contributed by atoms with Gasteiger partial charge in [0.05, 0.1) is 0 Å². The third kappa shape index (κ3) is 3.99. The van der Waals surface area contributed by atoms with Crippen molar-refractivity contribution < 1.29 is 19.2 Å². The lowest BCUT2D eigenvalue weighted by Crippen LogP contribution is -2.42. The van der Waals surface area contributed by atoms with Gasteiger partial charge in [-0.25, -0.2) is 0 Å². The monoisotopic (exact) mass is 281 g/mol. The first kappa shape index (κ1) is 16.5. The van der Waals surface area contributed by atoms with Crippen molar-refractivity contribution in [1.29, 1.82) is 0 Å². The molecule has 0 aromatic rings. The molecule has 2 amide bonds. The standard InChI is InChI=1S/C15H23NO4/c1-9-4-6-13(11(3)15(20)16-8-17)14(19)12(9)7-5-10(2)18/h8-9,11-13H,4-7H2,1-3H3,(H,16,17,20)/t9-,11-,12+,13+/m1/s1. The number of hydrogen-bond acceptors (Lipinski definition) is 4. The minimum absolute atomic E-state index is 0.0681. The highest BCUT2D eigenvalue weighted by Gasteiger charge is 2.40. The lowest BCUT2D eigenvalue weighted by Gasteiger charge is -2.35. The van der Waals surface area contributed by atoms with E-state index in [9.17, 15) is 19.2 Å². The summed E-state index contributed by atoms with van der Waals surface area (Å²) in [6.07, 6.45) is 2.86. The van der Waals surface area contributed by atoms with Crippen LogP contribution in [-0.4, -0.2) is 23.9 Å². The van der Waals surface area contributed by atoms with Crippen LogP contribution in [0.5, 0.6) is 0 Å². The topological polar surface area (TPSA) is 80.3 Å². The summed E-state index contributed by atoms with van der Waals surface area (Å²) in [6.45, 7) is 5.23. The Morgan fingerprint density at radius 1 is 1.40 bits per heavy atom. The number of carbonyl (C=O) groups is 4. The molecule has 1 fully saturated rings. The van der Waals surface area contributed by atoms with Crippen LogP contribution in [0.2, 0.25) is 0 Å². The normalized spacial score (nSPS) is 27.8. The first-order valence-electron chi connectivity index (χ1n) is 7.15. The smallest absolute Gasteiger partial charge is 0.229 e. The van der Waals surface area contributed by atoms with Crippen molar-refractivity contribution in [2.24, 2.45) is 23.7 Å². The summed E-state index contributed by atoms with van der Waals surface area (Å²) in [7, 11) is 0. The largest absolute Gasteiger partial charge is 0.300 e. The molecule has 1 aliphatic rings. The van der Waals surface area contributed by atoms with Gasteiger partial charge in [0.15, 0.2) is 0 Å². The maximum Gasteiger partial charge on any atom is 0.229 e. The minimum Gasteiger partial charge on any atom is -0.300 e. The summed E-state index contributed by atoms with van der Waals surface area (Å²) in [5, 5.41) is 2.11. The fourth-order valence-electron chi connectivity index (χ4n) is 3.00. The summed E-state index contributed by atoms with van der Waals surface area (Å²) in [5.74, 6) is -0.998. The lowest BCUT2D eigenvalue weighted by molar-refractivity contribution is -0.140. The van der Waals surface area contributed by atoms with Gasteiger partial charge < -0.3 is 4.79 Å². The van der Waals surface area contributed by atoms with Crippen molar-refractivity contribution in [3.63, 3.8) is 0 Å². The van der Waals surface area contributed by atoms with E-state index in [0.29, 0.717) is 25.7 Å². The zero-order chi connectivity index (χ0) is 15.3. The number of amides is 2. The van der Waals surface area contributed by atoms with Crippen LogP contribution in [0.4, 0.5) is 0 Å². The van der Waals surface area contributed by atoms with E-state index in [1.165, 1.54) is 6.92 Å². The summed E-state index contributed by atoms with van der Waals surface area (Å²) < 4.78 is 0. The zero-order valence-electron chi connectivity index (χ0n) is 12.3. The van der Waals surface area contributed by atoms with Crippen LogP contribution in [0.1, 0.15) is 46.5 Å². The summed E-state index contributed by atoms with van der Waals surface area (Å²) in [5.41, 5.74) is 0. The number of rotatable bonds is 6. The Balaban J connectivity index is 2.74. The van der Waals surface area contributed by atoms with Crippen LogP contribution in [-0.2, 0) is 19.2 Å². The van der Waals surface area contributed by atoms with E-state index in [-0.39, 0.29) is 29.3 Å². The van der Waals surface area contributed by atoms with Crippen LogP contribution in [0.25, 0.3) is 0 Å². The molecule has 0 radical (unpaired) electrons. The van der Waals surface area contributed by atoms with Crippen LogP contribution >= 0.6 is 0 Å². The highest BCUT2D eigenvalue weighted by Crippen LogP contribution is 2.37. The highest BCUT2D eigenvalue weighted by molar-refractivity contribution is 5.94. The van der Waals surface area contributed by atoms with Gasteiger partial charge in [0.25, 0.3) is 0 Å². The van der Waals surface area contributed by atoms with Crippen LogP contribution in [0.15, 0.2) is 0 Å². The van der Waals surface area contributed by atoms with Crippen molar-refractivity contribution in [3.05, 3.63) is 0 Å². The molecule has 20 heavy (non-hydrogen) atoms. The average Bonchev–Trinajstić information content (AvgIpc) is 2.38. The van der Waals surface area contributed by atoms with Crippen LogP contribution in [0, 0.1) is 23.7 Å². The number of nitrogens with one attached hydrogen (secondary N) is 1. The molecule has 0 unspecified atom stereocenters. The minimum atomic E-state index is -0.500. The van der Waals surface area contributed by atoms with Gasteiger partial charge in [-0.05, 0) is 32.1 Å². The van der Waals surface area contributed by atoms with Crippen LogP contribution < -0.4 is 5.32 Å². The van der Waals surface area contributed by atoms with Gasteiger partial charge in [-0.1, -0.05) is 13.8 Å². The van der Waals surface area contributed by atoms with Crippen molar-refractivity contribution in [3.8, 4) is 0 Å². The Kier molecular flexibility index (Phi) is 6.05.